The minimum absolute atomic E-state index is 0.118. The van der Waals surface area contributed by atoms with Crippen LogP contribution < -0.4 is 4.90 Å². The third kappa shape index (κ3) is 7.04. The van der Waals surface area contributed by atoms with Crippen LogP contribution in [0.2, 0.25) is 0 Å². The van der Waals surface area contributed by atoms with E-state index in [-0.39, 0.29) is 11.3 Å². The molecule has 164 valence electrons. The van der Waals surface area contributed by atoms with Gasteiger partial charge in [0, 0.05) is 34.1 Å². The average molecular weight is 445 g/mol. The van der Waals surface area contributed by atoms with Crippen molar-refractivity contribution in [2.45, 2.75) is 39.5 Å². The molecule has 0 unspecified atom stereocenters. The molecule has 7 heteroatoms. The molecule has 1 aromatic carbocycles. The Morgan fingerprint density at radius 2 is 1.68 bits per heavy atom. The standard InChI is InChI=1S/C24H26F2N2O2S/c1-4-6-12-28(13-7-5-2)17-14-21(25)20(22(26)15-17)11-10-18-8-9-19(31-18)16-23(27-3)24(29)30/h8-11,14-16H,4-7,12-13H2,1-2H3,(H,29,30). The molecule has 2 aromatic rings. The lowest BCUT2D eigenvalue weighted by atomic mass is 10.1. The predicted molar refractivity (Wildman–Crippen MR) is 124 cm³/mol. The summed E-state index contributed by atoms with van der Waals surface area (Å²) in [6.45, 7) is 12.6. The summed E-state index contributed by atoms with van der Waals surface area (Å²) in [7, 11) is 0. The Morgan fingerprint density at radius 1 is 1.10 bits per heavy atom. The third-order valence-corrected chi connectivity index (χ3v) is 5.67. The summed E-state index contributed by atoms with van der Waals surface area (Å²) in [5.41, 5.74) is 0.0475. The zero-order chi connectivity index (χ0) is 22.8. The highest BCUT2D eigenvalue weighted by Gasteiger charge is 2.14. The number of rotatable bonds is 11. The van der Waals surface area contributed by atoms with Crippen LogP contribution in [0.3, 0.4) is 0 Å². The number of halogens is 2. The molecule has 0 spiro atoms. The van der Waals surface area contributed by atoms with Crippen molar-refractivity contribution in [3.8, 4) is 0 Å². The lowest BCUT2D eigenvalue weighted by Crippen LogP contribution is -2.26. The van der Waals surface area contributed by atoms with Crippen LogP contribution in [0.1, 0.15) is 54.8 Å². The van der Waals surface area contributed by atoms with E-state index < -0.39 is 17.6 Å². The van der Waals surface area contributed by atoms with E-state index in [0.717, 1.165) is 38.8 Å². The molecule has 0 fully saturated rings. The fourth-order valence-electron chi connectivity index (χ4n) is 2.96. The number of unbranched alkanes of at least 4 members (excludes halogenated alkanes) is 2. The highest BCUT2D eigenvalue weighted by Crippen LogP contribution is 2.26. The second-order valence-corrected chi connectivity index (χ2v) is 8.18. The van der Waals surface area contributed by atoms with Crippen molar-refractivity contribution >= 4 is 41.2 Å². The fraction of sp³-hybridized carbons (Fsp3) is 0.333. The number of carbonyl (C=O) groups is 1. The van der Waals surface area contributed by atoms with Crippen LogP contribution in [0.25, 0.3) is 23.1 Å². The second kappa shape index (κ2) is 12.0. The lowest BCUT2D eigenvalue weighted by Gasteiger charge is -2.25. The summed E-state index contributed by atoms with van der Waals surface area (Å²) in [4.78, 5) is 17.2. The van der Waals surface area contributed by atoms with Crippen molar-refractivity contribution in [1.82, 2.24) is 0 Å². The van der Waals surface area contributed by atoms with Gasteiger partial charge in [-0.1, -0.05) is 26.7 Å². The molecule has 4 nitrogen and oxygen atoms in total. The molecule has 0 bridgehead atoms. The maximum absolute atomic E-state index is 14.7. The minimum atomic E-state index is -1.29. The summed E-state index contributed by atoms with van der Waals surface area (Å²) < 4.78 is 29.4. The Bertz CT molecular complexity index is 974. The van der Waals surface area contributed by atoms with Gasteiger partial charge in [0.2, 0.25) is 0 Å². The smallest absolute Gasteiger partial charge is 0.333 e. The van der Waals surface area contributed by atoms with Crippen LogP contribution in [0, 0.1) is 18.2 Å². The van der Waals surface area contributed by atoms with Crippen molar-refractivity contribution in [2.24, 2.45) is 0 Å². The van der Waals surface area contributed by atoms with Gasteiger partial charge in [-0.3, -0.25) is 4.79 Å². The first-order valence-electron chi connectivity index (χ1n) is 10.2. The highest BCUT2D eigenvalue weighted by atomic mass is 32.1. The summed E-state index contributed by atoms with van der Waals surface area (Å²) in [5, 5.41) is 8.93. The molecule has 1 aromatic heterocycles. The summed E-state index contributed by atoms with van der Waals surface area (Å²) in [6, 6.07) is 6.13. The van der Waals surface area contributed by atoms with Crippen LogP contribution in [0.15, 0.2) is 30.0 Å². The topological polar surface area (TPSA) is 44.9 Å². The summed E-state index contributed by atoms with van der Waals surface area (Å²) in [6.07, 6.45) is 8.17. The van der Waals surface area contributed by atoms with E-state index in [1.165, 1.54) is 35.6 Å². The number of hydrogen-bond donors (Lipinski definition) is 1. The lowest BCUT2D eigenvalue weighted by molar-refractivity contribution is -0.132. The first-order chi connectivity index (χ1) is 14.9. The van der Waals surface area contributed by atoms with Crippen LogP contribution in [-0.4, -0.2) is 24.2 Å². The van der Waals surface area contributed by atoms with Gasteiger partial charge in [-0.2, -0.15) is 0 Å². The molecule has 0 saturated carbocycles. The van der Waals surface area contributed by atoms with Crippen LogP contribution in [-0.2, 0) is 4.79 Å². The number of thiophene rings is 1. The van der Waals surface area contributed by atoms with Gasteiger partial charge in [-0.25, -0.2) is 13.6 Å². The van der Waals surface area contributed by atoms with Gasteiger partial charge >= 0.3 is 5.97 Å². The van der Waals surface area contributed by atoms with Gasteiger partial charge in [0.15, 0.2) is 0 Å². The van der Waals surface area contributed by atoms with E-state index in [2.05, 4.69) is 18.7 Å². The molecule has 1 heterocycles. The second-order valence-electron chi connectivity index (χ2n) is 7.04. The van der Waals surface area contributed by atoms with Crippen LogP contribution in [0.5, 0.6) is 0 Å². The van der Waals surface area contributed by atoms with Gasteiger partial charge in [0.1, 0.15) is 11.6 Å². The Hall–Kier alpha value is -2.98. The van der Waals surface area contributed by atoms with Crippen molar-refractivity contribution in [2.75, 3.05) is 18.0 Å². The molecular formula is C24H26F2N2O2S. The number of anilines is 1. The number of hydrogen-bond acceptors (Lipinski definition) is 3. The van der Waals surface area contributed by atoms with Crippen molar-refractivity contribution in [3.05, 3.63) is 68.3 Å². The quantitative estimate of drug-likeness (QED) is 0.301. The van der Waals surface area contributed by atoms with Gasteiger partial charge in [0.05, 0.1) is 6.57 Å². The molecule has 0 aliphatic heterocycles. The largest absolute Gasteiger partial charge is 0.486 e. The molecular weight excluding hydrogens is 418 g/mol. The van der Waals surface area contributed by atoms with Crippen molar-refractivity contribution in [3.63, 3.8) is 0 Å². The van der Waals surface area contributed by atoms with E-state index >= 15 is 0 Å². The molecule has 0 atom stereocenters. The molecule has 31 heavy (non-hydrogen) atoms. The Morgan fingerprint density at radius 3 is 2.19 bits per heavy atom. The first-order valence-corrected chi connectivity index (χ1v) is 11.1. The number of nitrogens with zero attached hydrogens (tertiary/aromatic N) is 2. The third-order valence-electron chi connectivity index (χ3n) is 4.67. The number of carboxylic acids is 1. The highest BCUT2D eigenvalue weighted by molar-refractivity contribution is 7.13. The van der Waals surface area contributed by atoms with Gasteiger partial charge < -0.3 is 10.0 Å². The molecule has 1 N–H and O–H groups in total. The first kappa shape index (κ1) is 24.3. The molecule has 0 aliphatic rings. The zero-order valence-electron chi connectivity index (χ0n) is 17.7. The van der Waals surface area contributed by atoms with Gasteiger partial charge in [-0.15, -0.1) is 11.3 Å². The van der Waals surface area contributed by atoms with Crippen LogP contribution >= 0.6 is 11.3 Å². The minimum Gasteiger partial charge on any atom is -0.486 e. The normalized spacial score (nSPS) is 11.6. The van der Waals surface area contributed by atoms with E-state index in [9.17, 15) is 13.6 Å². The molecule has 0 saturated heterocycles. The molecule has 0 radical (unpaired) electrons. The Kier molecular flexibility index (Phi) is 9.41. The van der Waals surface area contributed by atoms with E-state index in [4.69, 9.17) is 11.7 Å². The maximum Gasteiger partial charge on any atom is 0.333 e. The summed E-state index contributed by atoms with van der Waals surface area (Å²) >= 11 is 1.23. The predicted octanol–water partition coefficient (Wildman–Crippen LogP) is 6.95. The van der Waals surface area contributed by atoms with Gasteiger partial charge in [-0.05, 0) is 55.3 Å². The summed E-state index contributed by atoms with van der Waals surface area (Å²) in [5.74, 6) is -2.54. The van der Waals surface area contributed by atoms with Crippen molar-refractivity contribution < 1.29 is 18.7 Å². The van der Waals surface area contributed by atoms with Gasteiger partial charge in [0.25, 0.3) is 5.70 Å². The van der Waals surface area contributed by atoms with E-state index in [0.29, 0.717) is 15.4 Å². The SMILES string of the molecule is [C-]#[N+]C(=Cc1ccc(C=Cc2c(F)cc(N(CCCC)CCCC)cc2F)s1)C(=O)O. The average Bonchev–Trinajstić information content (AvgIpc) is 3.18. The number of carboxylic acid groups (broad SMARTS) is 1. The fourth-order valence-corrected chi connectivity index (χ4v) is 3.81. The van der Waals surface area contributed by atoms with Crippen LogP contribution in [0.4, 0.5) is 14.5 Å². The van der Waals surface area contributed by atoms with E-state index in [1.807, 2.05) is 4.90 Å². The number of benzene rings is 1. The Labute approximate surface area is 186 Å². The number of aliphatic carboxylic acids is 1. The molecule has 0 amide bonds. The van der Waals surface area contributed by atoms with E-state index in [1.54, 1.807) is 18.2 Å². The molecule has 2 rings (SSSR count). The Balaban J connectivity index is 2.23. The van der Waals surface area contributed by atoms with Crippen molar-refractivity contribution in [1.29, 1.82) is 0 Å². The maximum atomic E-state index is 14.7. The zero-order valence-corrected chi connectivity index (χ0v) is 18.5. The monoisotopic (exact) mass is 444 g/mol. The molecule has 0 aliphatic carbocycles.